The van der Waals surface area contributed by atoms with Crippen LogP contribution < -0.4 is 11.1 Å². The molecule has 0 aliphatic rings. The van der Waals surface area contributed by atoms with Crippen LogP contribution in [-0.4, -0.2) is 28.5 Å². The van der Waals surface area contributed by atoms with Crippen LogP contribution in [0.3, 0.4) is 0 Å². The molecule has 0 saturated heterocycles. The summed E-state index contributed by atoms with van der Waals surface area (Å²) in [5.41, 5.74) is 6.62. The zero-order valence-corrected chi connectivity index (χ0v) is 11.0. The van der Waals surface area contributed by atoms with Crippen molar-refractivity contribution in [1.82, 2.24) is 10.3 Å². The van der Waals surface area contributed by atoms with Crippen LogP contribution >= 0.6 is 0 Å². The van der Waals surface area contributed by atoms with Crippen LogP contribution in [0.4, 0.5) is 0 Å². The summed E-state index contributed by atoms with van der Waals surface area (Å²) in [5.74, 6) is -0.804. The number of nitrogens with one attached hydrogen (secondary N) is 1. The number of amidine groups is 1. The normalized spacial score (nSPS) is 13.0. The van der Waals surface area contributed by atoms with Gasteiger partial charge in [0.15, 0.2) is 5.84 Å². The predicted molar refractivity (Wildman–Crippen MR) is 72.8 cm³/mol. The molecule has 1 amide bonds. The molecule has 0 fully saturated rings. The zero-order chi connectivity index (χ0) is 14.1. The molecule has 6 heteroatoms. The number of hydrogen-bond donors (Lipinski definition) is 3. The predicted octanol–water partition coefficient (Wildman–Crippen LogP) is 0.903. The van der Waals surface area contributed by atoms with E-state index in [2.05, 4.69) is 15.5 Å². The van der Waals surface area contributed by atoms with Crippen LogP contribution in [0.15, 0.2) is 29.7 Å². The minimum Gasteiger partial charge on any atom is -0.409 e. The maximum Gasteiger partial charge on any atom is 0.230 e. The van der Waals surface area contributed by atoms with Crippen molar-refractivity contribution in [2.45, 2.75) is 26.2 Å². The largest absolute Gasteiger partial charge is 0.409 e. The van der Waals surface area contributed by atoms with Crippen LogP contribution in [0.25, 0.3) is 0 Å². The first-order chi connectivity index (χ1) is 9.19. The minimum absolute atomic E-state index is 0.0386. The number of nitrogens with two attached hydrogens (primary N) is 1. The van der Waals surface area contributed by atoms with E-state index in [9.17, 15) is 4.79 Å². The topological polar surface area (TPSA) is 101 Å². The summed E-state index contributed by atoms with van der Waals surface area (Å²) in [6.07, 6.45) is 5.51. The molecule has 1 atom stereocenters. The average Bonchev–Trinajstić information content (AvgIpc) is 2.45. The Bertz CT molecular complexity index is 420. The van der Waals surface area contributed by atoms with E-state index < -0.39 is 5.92 Å². The number of nitrogens with zero attached hydrogens (tertiary/aromatic N) is 2. The monoisotopic (exact) mass is 264 g/mol. The molecule has 0 radical (unpaired) electrons. The van der Waals surface area contributed by atoms with Crippen molar-refractivity contribution in [2.24, 2.45) is 16.8 Å². The van der Waals surface area contributed by atoms with Gasteiger partial charge in [0.25, 0.3) is 0 Å². The minimum atomic E-state index is -0.563. The summed E-state index contributed by atoms with van der Waals surface area (Å²) in [4.78, 5) is 15.9. The third kappa shape index (κ3) is 4.95. The van der Waals surface area contributed by atoms with Crippen LogP contribution in [0.1, 0.15) is 25.3 Å². The van der Waals surface area contributed by atoms with E-state index in [1.54, 1.807) is 12.4 Å². The number of aromatic nitrogens is 1. The number of amides is 1. The Morgan fingerprint density at radius 2 is 2.21 bits per heavy atom. The van der Waals surface area contributed by atoms with Crippen molar-refractivity contribution in [3.8, 4) is 0 Å². The van der Waals surface area contributed by atoms with Gasteiger partial charge >= 0.3 is 0 Å². The number of pyridine rings is 1. The highest BCUT2D eigenvalue weighted by Gasteiger charge is 2.21. The fourth-order valence-corrected chi connectivity index (χ4v) is 1.77. The van der Waals surface area contributed by atoms with Crippen molar-refractivity contribution in [1.29, 1.82) is 0 Å². The Kier molecular flexibility index (Phi) is 6.35. The third-order valence-electron chi connectivity index (χ3n) is 2.83. The van der Waals surface area contributed by atoms with Gasteiger partial charge in [-0.15, -0.1) is 0 Å². The number of oxime groups is 1. The zero-order valence-electron chi connectivity index (χ0n) is 11.0. The quantitative estimate of drug-likeness (QED) is 0.295. The van der Waals surface area contributed by atoms with Gasteiger partial charge < -0.3 is 16.3 Å². The van der Waals surface area contributed by atoms with E-state index in [-0.39, 0.29) is 11.7 Å². The Labute approximate surface area is 112 Å². The molecular formula is C13H20N4O2. The first kappa shape index (κ1) is 14.9. The molecule has 1 unspecified atom stereocenters. The van der Waals surface area contributed by atoms with E-state index in [4.69, 9.17) is 10.9 Å². The SMILES string of the molecule is CCCC(C(=O)NCCc1ccncc1)C(N)=NO. The lowest BCUT2D eigenvalue weighted by molar-refractivity contribution is -0.123. The third-order valence-corrected chi connectivity index (χ3v) is 2.83. The highest BCUT2D eigenvalue weighted by atomic mass is 16.4. The molecule has 1 heterocycles. The van der Waals surface area contributed by atoms with Crippen LogP contribution in [-0.2, 0) is 11.2 Å². The van der Waals surface area contributed by atoms with E-state index in [0.29, 0.717) is 13.0 Å². The lowest BCUT2D eigenvalue weighted by Crippen LogP contribution is -2.39. The Morgan fingerprint density at radius 1 is 1.53 bits per heavy atom. The van der Waals surface area contributed by atoms with E-state index >= 15 is 0 Å². The standard InChI is InChI=1S/C13H20N4O2/c1-2-3-11(12(14)17-19)13(18)16-9-6-10-4-7-15-8-5-10/h4-5,7-8,11,19H,2-3,6,9H2,1H3,(H2,14,17)(H,16,18). The molecule has 6 nitrogen and oxygen atoms in total. The van der Waals surface area contributed by atoms with Gasteiger partial charge in [-0.25, -0.2) is 0 Å². The van der Waals surface area contributed by atoms with Crippen LogP contribution in [0.5, 0.6) is 0 Å². The second-order valence-electron chi connectivity index (χ2n) is 4.26. The summed E-state index contributed by atoms with van der Waals surface area (Å²) in [5, 5.41) is 14.4. The summed E-state index contributed by atoms with van der Waals surface area (Å²) in [6, 6.07) is 3.80. The molecular weight excluding hydrogens is 244 g/mol. The average molecular weight is 264 g/mol. The highest BCUT2D eigenvalue weighted by molar-refractivity contribution is 6.02. The molecule has 0 aromatic carbocycles. The lowest BCUT2D eigenvalue weighted by Gasteiger charge is -2.14. The van der Waals surface area contributed by atoms with Crippen molar-refractivity contribution >= 4 is 11.7 Å². The maximum absolute atomic E-state index is 11.9. The van der Waals surface area contributed by atoms with Crippen LogP contribution in [0.2, 0.25) is 0 Å². The fourth-order valence-electron chi connectivity index (χ4n) is 1.77. The van der Waals surface area contributed by atoms with Crippen molar-refractivity contribution in [3.63, 3.8) is 0 Å². The molecule has 104 valence electrons. The molecule has 4 N–H and O–H groups in total. The molecule has 0 bridgehead atoms. The lowest BCUT2D eigenvalue weighted by atomic mass is 10.0. The molecule has 1 aromatic rings. The Hall–Kier alpha value is -2.11. The number of carbonyl (C=O) groups excluding carboxylic acids is 1. The second kappa shape index (κ2) is 8.07. The van der Waals surface area contributed by atoms with Gasteiger partial charge in [-0.1, -0.05) is 18.5 Å². The highest BCUT2D eigenvalue weighted by Crippen LogP contribution is 2.07. The van der Waals surface area contributed by atoms with Gasteiger partial charge in [-0.3, -0.25) is 9.78 Å². The molecule has 0 aliphatic carbocycles. The summed E-state index contributed by atoms with van der Waals surface area (Å²) in [6.45, 7) is 2.46. The first-order valence-corrected chi connectivity index (χ1v) is 6.33. The van der Waals surface area contributed by atoms with Gasteiger partial charge in [0, 0.05) is 18.9 Å². The second-order valence-corrected chi connectivity index (χ2v) is 4.26. The van der Waals surface area contributed by atoms with E-state index in [1.807, 2.05) is 19.1 Å². The van der Waals surface area contributed by atoms with Crippen molar-refractivity contribution in [3.05, 3.63) is 30.1 Å². The molecule has 0 spiro atoms. The summed E-state index contributed by atoms with van der Waals surface area (Å²) < 4.78 is 0. The van der Waals surface area contributed by atoms with Gasteiger partial charge in [0.1, 0.15) is 0 Å². The van der Waals surface area contributed by atoms with Crippen LogP contribution in [0, 0.1) is 5.92 Å². The maximum atomic E-state index is 11.9. The van der Waals surface area contributed by atoms with Gasteiger partial charge in [-0.2, -0.15) is 0 Å². The van der Waals surface area contributed by atoms with Crippen molar-refractivity contribution in [2.75, 3.05) is 6.54 Å². The molecule has 1 aromatic heterocycles. The van der Waals surface area contributed by atoms with Gasteiger partial charge in [0.2, 0.25) is 5.91 Å². The molecule has 1 rings (SSSR count). The Balaban J connectivity index is 2.44. The summed E-state index contributed by atoms with van der Waals surface area (Å²) in [7, 11) is 0. The molecule has 0 saturated carbocycles. The summed E-state index contributed by atoms with van der Waals surface area (Å²) >= 11 is 0. The number of carbonyl (C=O) groups is 1. The van der Waals surface area contributed by atoms with E-state index in [0.717, 1.165) is 18.4 Å². The number of rotatable bonds is 7. The van der Waals surface area contributed by atoms with Crippen molar-refractivity contribution < 1.29 is 10.0 Å². The Morgan fingerprint density at radius 3 is 2.79 bits per heavy atom. The first-order valence-electron chi connectivity index (χ1n) is 6.33. The smallest absolute Gasteiger partial charge is 0.230 e. The fraction of sp³-hybridized carbons (Fsp3) is 0.462. The van der Waals surface area contributed by atoms with E-state index in [1.165, 1.54) is 0 Å². The van der Waals surface area contributed by atoms with Gasteiger partial charge in [-0.05, 0) is 30.5 Å². The van der Waals surface area contributed by atoms with Gasteiger partial charge in [0.05, 0.1) is 5.92 Å². The molecule has 19 heavy (non-hydrogen) atoms. The number of hydrogen-bond acceptors (Lipinski definition) is 4. The molecule has 0 aliphatic heterocycles.